The Morgan fingerprint density at radius 3 is 2.57 bits per heavy atom. The van der Waals surface area contributed by atoms with Crippen molar-refractivity contribution in [2.24, 2.45) is 0 Å². The van der Waals surface area contributed by atoms with Gasteiger partial charge in [0.05, 0.1) is 5.75 Å². The molecule has 0 spiro atoms. The summed E-state index contributed by atoms with van der Waals surface area (Å²) >= 11 is 0. The second kappa shape index (κ2) is 4.06. The van der Waals surface area contributed by atoms with E-state index in [2.05, 4.69) is 4.72 Å². The third kappa shape index (κ3) is 2.78. The first kappa shape index (κ1) is 11.1. The molecule has 1 N–H and O–H groups in total. The Labute approximate surface area is 83.0 Å². The number of aryl methyl sites for hydroxylation is 1. The standard InChI is InChI=1S/C9H12FNO2S/c1-7-5-8(3-4-9(7)10)6-14(12,13)11-2/h3-5,11H,6H2,1-2H3. The van der Waals surface area contributed by atoms with Crippen molar-refractivity contribution in [2.75, 3.05) is 7.05 Å². The number of halogens is 1. The van der Waals surface area contributed by atoms with E-state index in [0.29, 0.717) is 11.1 Å². The molecular formula is C9H12FNO2S. The fourth-order valence-corrected chi connectivity index (χ4v) is 1.85. The lowest BCUT2D eigenvalue weighted by atomic mass is 10.1. The summed E-state index contributed by atoms with van der Waals surface area (Å²) in [5, 5.41) is 0. The smallest absolute Gasteiger partial charge is 0.215 e. The maximum atomic E-state index is 12.8. The van der Waals surface area contributed by atoms with E-state index >= 15 is 0 Å². The summed E-state index contributed by atoms with van der Waals surface area (Å²) in [5.41, 5.74) is 1.03. The van der Waals surface area contributed by atoms with Crippen LogP contribution in [-0.4, -0.2) is 15.5 Å². The molecule has 0 amide bonds. The fourth-order valence-electron chi connectivity index (χ4n) is 1.09. The number of rotatable bonds is 3. The molecule has 0 saturated heterocycles. The van der Waals surface area contributed by atoms with Crippen LogP contribution in [0.1, 0.15) is 11.1 Å². The predicted octanol–water partition coefficient (Wildman–Crippen LogP) is 1.18. The minimum Gasteiger partial charge on any atom is -0.218 e. The topological polar surface area (TPSA) is 46.2 Å². The van der Waals surface area contributed by atoms with Gasteiger partial charge in [-0.25, -0.2) is 17.5 Å². The average Bonchev–Trinajstić information content (AvgIpc) is 2.11. The Kier molecular flexibility index (Phi) is 3.23. The molecular weight excluding hydrogens is 205 g/mol. The van der Waals surface area contributed by atoms with Gasteiger partial charge in [0, 0.05) is 0 Å². The Hall–Kier alpha value is -0.940. The molecule has 1 rings (SSSR count). The molecule has 5 heteroatoms. The van der Waals surface area contributed by atoms with Crippen molar-refractivity contribution in [3.63, 3.8) is 0 Å². The third-order valence-electron chi connectivity index (χ3n) is 1.89. The van der Waals surface area contributed by atoms with Crippen LogP contribution in [0.2, 0.25) is 0 Å². The maximum Gasteiger partial charge on any atom is 0.215 e. The lowest BCUT2D eigenvalue weighted by molar-refractivity contribution is 0.587. The first-order valence-corrected chi connectivity index (χ1v) is 5.76. The van der Waals surface area contributed by atoms with Gasteiger partial charge in [-0.3, -0.25) is 0 Å². The summed E-state index contributed by atoms with van der Waals surface area (Å²) in [5.74, 6) is -0.444. The zero-order valence-corrected chi connectivity index (χ0v) is 8.86. The molecule has 0 aliphatic rings. The summed E-state index contributed by atoms with van der Waals surface area (Å²) in [4.78, 5) is 0. The lowest BCUT2D eigenvalue weighted by Crippen LogP contribution is -2.20. The largest absolute Gasteiger partial charge is 0.218 e. The first-order valence-electron chi connectivity index (χ1n) is 4.11. The quantitative estimate of drug-likeness (QED) is 0.826. The van der Waals surface area contributed by atoms with Crippen molar-refractivity contribution in [1.29, 1.82) is 0 Å². The average molecular weight is 217 g/mol. The van der Waals surface area contributed by atoms with Gasteiger partial charge in [0.25, 0.3) is 0 Å². The Balaban J connectivity index is 2.94. The second-order valence-corrected chi connectivity index (χ2v) is 4.97. The maximum absolute atomic E-state index is 12.8. The zero-order valence-electron chi connectivity index (χ0n) is 8.04. The van der Waals surface area contributed by atoms with Gasteiger partial charge in [-0.15, -0.1) is 0 Å². The van der Waals surface area contributed by atoms with Crippen molar-refractivity contribution in [3.05, 3.63) is 35.1 Å². The van der Waals surface area contributed by atoms with Crippen LogP contribution in [0.4, 0.5) is 4.39 Å². The first-order chi connectivity index (χ1) is 6.44. The van der Waals surface area contributed by atoms with Gasteiger partial charge in [0.2, 0.25) is 10.0 Å². The van der Waals surface area contributed by atoms with Crippen LogP contribution >= 0.6 is 0 Å². The molecule has 0 bridgehead atoms. The molecule has 0 saturated carbocycles. The van der Waals surface area contributed by atoms with Gasteiger partial charge in [-0.2, -0.15) is 0 Å². The molecule has 0 atom stereocenters. The van der Waals surface area contributed by atoms with Crippen LogP contribution < -0.4 is 4.72 Å². The normalized spacial score (nSPS) is 11.6. The summed E-state index contributed by atoms with van der Waals surface area (Å²) in [6.07, 6.45) is 0. The van der Waals surface area contributed by atoms with Crippen LogP contribution in [0.3, 0.4) is 0 Å². The van der Waals surface area contributed by atoms with Crippen LogP contribution in [0, 0.1) is 12.7 Å². The molecule has 3 nitrogen and oxygen atoms in total. The molecule has 0 unspecified atom stereocenters. The number of hydrogen-bond acceptors (Lipinski definition) is 2. The van der Waals surface area contributed by atoms with Crippen molar-refractivity contribution >= 4 is 10.0 Å². The second-order valence-electron chi connectivity index (χ2n) is 3.05. The summed E-state index contributed by atoms with van der Waals surface area (Å²) < 4.78 is 37.4. The van der Waals surface area contributed by atoms with Gasteiger partial charge >= 0.3 is 0 Å². The Morgan fingerprint density at radius 2 is 2.07 bits per heavy atom. The molecule has 14 heavy (non-hydrogen) atoms. The highest BCUT2D eigenvalue weighted by Gasteiger charge is 2.09. The van der Waals surface area contributed by atoms with Crippen LogP contribution in [0.15, 0.2) is 18.2 Å². The van der Waals surface area contributed by atoms with Gasteiger partial charge < -0.3 is 0 Å². The van der Waals surface area contributed by atoms with Crippen molar-refractivity contribution in [2.45, 2.75) is 12.7 Å². The minimum atomic E-state index is -3.27. The Bertz CT molecular complexity index is 428. The van der Waals surface area contributed by atoms with Crippen molar-refractivity contribution < 1.29 is 12.8 Å². The van der Waals surface area contributed by atoms with Crippen molar-refractivity contribution in [1.82, 2.24) is 4.72 Å². The predicted molar refractivity (Wildman–Crippen MR) is 52.8 cm³/mol. The van der Waals surface area contributed by atoms with E-state index in [1.54, 1.807) is 6.92 Å². The number of nitrogens with one attached hydrogen (secondary N) is 1. The van der Waals surface area contributed by atoms with Gasteiger partial charge in [-0.1, -0.05) is 12.1 Å². The van der Waals surface area contributed by atoms with Crippen LogP contribution in [-0.2, 0) is 15.8 Å². The highest BCUT2D eigenvalue weighted by Crippen LogP contribution is 2.11. The van der Waals surface area contributed by atoms with E-state index in [0.717, 1.165) is 0 Å². The van der Waals surface area contributed by atoms with Crippen molar-refractivity contribution in [3.8, 4) is 0 Å². The molecule has 0 heterocycles. The Morgan fingerprint density at radius 1 is 1.43 bits per heavy atom. The summed E-state index contributed by atoms with van der Waals surface area (Å²) in [6.45, 7) is 1.60. The zero-order chi connectivity index (χ0) is 10.8. The molecule has 1 aromatic carbocycles. The van der Waals surface area contributed by atoms with Crippen LogP contribution in [0.5, 0.6) is 0 Å². The molecule has 1 aromatic rings. The molecule has 0 radical (unpaired) electrons. The van der Waals surface area contributed by atoms with E-state index in [1.165, 1.54) is 25.2 Å². The van der Waals surface area contributed by atoms with Crippen LogP contribution in [0.25, 0.3) is 0 Å². The highest BCUT2D eigenvalue weighted by atomic mass is 32.2. The molecule has 0 aliphatic heterocycles. The number of benzene rings is 1. The minimum absolute atomic E-state index is 0.120. The molecule has 78 valence electrons. The third-order valence-corrected chi connectivity index (χ3v) is 3.23. The van der Waals surface area contributed by atoms with E-state index in [4.69, 9.17) is 0 Å². The number of hydrogen-bond donors (Lipinski definition) is 1. The van der Waals surface area contributed by atoms with Gasteiger partial charge in [-0.05, 0) is 31.2 Å². The van der Waals surface area contributed by atoms with E-state index in [-0.39, 0.29) is 11.6 Å². The SMILES string of the molecule is CNS(=O)(=O)Cc1ccc(F)c(C)c1. The molecule has 0 aliphatic carbocycles. The monoisotopic (exact) mass is 217 g/mol. The van der Waals surface area contributed by atoms with Gasteiger partial charge in [0.1, 0.15) is 5.82 Å². The lowest BCUT2D eigenvalue weighted by Gasteiger charge is -2.04. The van der Waals surface area contributed by atoms with Gasteiger partial charge in [0.15, 0.2) is 0 Å². The van der Waals surface area contributed by atoms with E-state index in [1.807, 2.05) is 0 Å². The van der Waals surface area contributed by atoms with E-state index in [9.17, 15) is 12.8 Å². The highest BCUT2D eigenvalue weighted by molar-refractivity contribution is 7.88. The summed E-state index contributed by atoms with van der Waals surface area (Å²) in [7, 11) is -1.92. The fraction of sp³-hybridized carbons (Fsp3) is 0.333. The van der Waals surface area contributed by atoms with E-state index < -0.39 is 10.0 Å². The molecule has 0 fully saturated rings. The summed E-state index contributed by atoms with van der Waals surface area (Å²) in [6, 6.07) is 4.28. The molecule has 0 aromatic heterocycles. The number of sulfonamides is 1.